The molecule has 17 heavy (non-hydrogen) atoms. The van der Waals surface area contributed by atoms with E-state index in [0.29, 0.717) is 35.4 Å². The molecule has 3 nitrogen and oxygen atoms in total. The maximum atomic E-state index is 11.4. The van der Waals surface area contributed by atoms with Crippen LogP contribution in [-0.4, -0.2) is 30.5 Å². The van der Waals surface area contributed by atoms with Crippen LogP contribution in [0.25, 0.3) is 0 Å². The Kier molecular flexibility index (Phi) is 4.13. The third-order valence-corrected chi connectivity index (χ3v) is 3.23. The number of likely N-dealkylation sites (tertiary alicyclic amines) is 1. The van der Waals surface area contributed by atoms with Gasteiger partial charge >= 0.3 is 0 Å². The van der Waals surface area contributed by atoms with Crippen LogP contribution in [0.1, 0.15) is 12.8 Å². The van der Waals surface area contributed by atoms with Crippen molar-refractivity contribution >= 4 is 29.1 Å². The Hall–Kier alpha value is -0.930. The summed E-state index contributed by atoms with van der Waals surface area (Å²) < 4.78 is 5.52. The minimum absolute atomic E-state index is 0.200. The van der Waals surface area contributed by atoms with Crippen molar-refractivity contribution in [2.24, 2.45) is 0 Å². The second-order valence-corrected chi connectivity index (χ2v) is 4.75. The summed E-state index contributed by atoms with van der Waals surface area (Å²) in [5, 5.41) is 1.11. The van der Waals surface area contributed by atoms with Crippen molar-refractivity contribution in [2.45, 2.75) is 12.8 Å². The van der Waals surface area contributed by atoms with Gasteiger partial charge in [0.1, 0.15) is 12.4 Å². The first-order valence-electron chi connectivity index (χ1n) is 5.52. The Balaban J connectivity index is 1.85. The number of nitrogens with zero attached hydrogens (tertiary/aromatic N) is 1. The van der Waals surface area contributed by atoms with Crippen molar-refractivity contribution in [3.63, 3.8) is 0 Å². The maximum absolute atomic E-state index is 11.4. The van der Waals surface area contributed by atoms with Crippen LogP contribution >= 0.6 is 23.2 Å². The third-order valence-electron chi connectivity index (χ3n) is 2.68. The van der Waals surface area contributed by atoms with Gasteiger partial charge in [0.25, 0.3) is 0 Å². The predicted molar refractivity (Wildman–Crippen MR) is 67.8 cm³/mol. The zero-order valence-corrected chi connectivity index (χ0v) is 10.8. The van der Waals surface area contributed by atoms with Gasteiger partial charge < -0.3 is 9.64 Å². The van der Waals surface area contributed by atoms with E-state index in [9.17, 15) is 4.79 Å². The molecule has 0 unspecified atom stereocenters. The van der Waals surface area contributed by atoms with Crippen LogP contribution in [0.5, 0.6) is 5.75 Å². The Morgan fingerprint density at radius 2 is 2.18 bits per heavy atom. The molecular formula is C12H13Cl2NO2. The Morgan fingerprint density at radius 1 is 1.35 bits per heavy atom. The SMILES string of the molecule is O=C1CCCN1CCOc1cc(Cl)ccc1Cl. The molecule has 0 atom stereocenters. The van der Waals surface area contributed by atoms with E-state index in [2.05, 4.69) is 0 Å². The van der Waals surface area contributed by atoms with Crippen LogP contribution in [0.3, 0.4) is 0 Å². The van der Waals surface area contributed by atoms with Crippen molar-refractivity contribution in [3.05, 3.63) is 28.2 Å². The number of hydrogen-bond donors (Lipinski definition) is 0. The minimum Gasteiger partial charge on any atom is -0.490 e. The summed E-state index contributed by atoms with van der Waals surface area (Å²) in [6.45, 7) is 1.86. The lowest BCUT2D eigenvalue weighted by atomic mass is 10.3. The van der Waals surface area contributed by atoms with Gasteiger partial charge in [-0.25, -0.2) is 0 Å². The van der Waals surface area contributed by atoms with Gasteiger partial charge in [-0.3, -0.25) is 4.79 Å². The van der Waals surface area contributed by atoms with Crippen LogP contribution in [0.15, 0.2) is 18.2 Å². The molecule has 0 bridgehead atoms. The molecule has 1 heterocycles. The van der Waals surface area contributed by atoms with E-state index >= 15 is 0 Å². The summed E-state index contributed by atoms with van der Waals surface area (Å²) in [5.41, 5.74) is 0. The highest BCUT2D eigenvalue weighted by Crippen LogP contribution is 2.27. The van der Waals surface area contributed by atoms with E-state index < -0.39 is 0 Å². The van der Waals surface area contributed by atoms with E-state index in [1.165, 1.54) is 0 Å². The zero-order chi connectivity index (χ0) is 12.3. The Labute approximate surface area is 110 Å². The molecule has 0 aliphatic carbocycles. The van der Waals surface area contributed by atoms with Gasteiger partial charge in [-0.2, -0.15) is 0 Å². The number of hydrogen-bond acceptors (Lipinski definition) is 2. The first-order chi connectivity index (χ1) is 8.16. The van der Waals surface area contributed by atoms with E-state index in [0.717, 1.165) is 13.0 Å². The molecule has 1 aromatic rings. The maximum Gasteiger partial charge on any atom is 0.222 e. The predicted octanol–water partition coefficient (Wildman–Crippen LogP) is 2.99. The van der Waals surface area contributed by atoms with E-state index in [1.807, 2.05) is 0 Å². The molecule has 5 heteroatoms. The van der Waals surface area contributed by atoms with Crippen molar-refractivity contribution in [2.75, 3.05) is 19.7 Å². The topological polar surface area (TPSA) is 29.5 Å². The number of halogens is 2. The molecule has 1 aliphatic rings. The molecule has 0 saturated carbocycles. The quantitative estimate of drug-likeness (QED) is 0.844. The third kappa shape index (κ3) is 3.27. The average molecular weight is 274 g/mol. The summed E-state index contributed by atoms with van der Waals surface area (Å²) in [5.74, 6) is 0.761. The van der Waals surface area contributed by atoms with Gasteiger partial charge in [-0.15, -0.1) is 0 Å². The van der Waals surface area contributed by atoms with Gasteiger partial charge in [0, 0.05) is 24.1 Å². The van der Waals surface area contributed by atoms with Crippen molar-refractivity contribution in [1.29, 1.82) is 0 Å². The number of ether oxygens (including phenoxy) is 1. The lowest BCUT2D eigenvalue weighted by Crippen LogP contribution is -2.29. The Bertz CT molecular complexity index is 423. The summed E-state index contributed by atoms with van der Waals surface area (Å²) in [4.78, 5) is 13.2. The number of carbonyl (C=O) groups is 1. The van der Waals surface area contributed by atoms with Crippen molar-refractivity contribution in [1.82, 2.24) is 4.90 Å². The van der Waals surface area contributed by atoms with Gasteiger partial charge in [-0.05, 0) is 18.6 Å². The molecule has 0 N–H and O–H groups in total. The number of rotatable bonds is 4. The summed E-state index contributed by atoms with van der Waals surface area (Å²) in [7, 11) is 0. The second-order valence-electron chi connectivity index (χ2n) is 3.91. The monoisotopic (exact) mass is 273 g/mol. The normalized spacial score (nSPS) is 15.4. The molecule has 2 rings (SSSR count). The number of carbonyl (C=O) groups excluding carboxylic acids is 1. The van der Waals surface area contributed by atoms with Crippen molar-refractivity contribution < 1.29 is 9.53 Å². The highest BCUT2D eigenvalue weighted by molar-refractivity contribution is 6.34. The van der Waals surface area contributed by atoms with E-state index in [-0.39, 0.29) is 5.91 Å². The first-order valence-corrected chi connectivity index (χ1v) is 6.28. The number of benzene rings is 1. The van der Waals surface area contributed by atoms with E-state index in [4.69, 9.17) is 27.9 Å². The second kappa shape index (κ2) is 5.61. The minimum atomic E-state index is 0.200. The molecule has 1 saturated heterocycles. The lowest BCUT2D eigenvalue weighted by molar-refractivity contribution is -0.128. The summed E-state index contributed by atoms with van der Waals surface area (Å²) >= 11 is 11.8. The average Bonchev–Trinajstić information content (AvgIpc) is 2.70. The standard InChI is InChI=1S/C12H13Cl2NO2/c13-9-3-4-10(14)11(8-9)17-7-6-15-5-1-2-12(15)16/h3-4,8H,1-2,5-7H2. The van der Waals surface area contributed by atoms with Gasteiger partial charge in [0.05, 0.1) is 11.6 Å². The van der Waals surface area contributed by atoms with Gasteiger partial charge in [0.15, 0.2) is 0 Å². The zero-order valence-electron chi connectivity index (χ0n) is 9.29. The van der Waals surface area contributed by atoms with Crippen LogP contribution in [-0.2, 0) is 4.79 Å². The summed E-state index contributed by atoms with van der Waals surface area (Å²) in [6.07, 6.45) is 1.59. The van der Waals surface area contributed by atoms with Crippen molar-refractivity contribution in [3.8, 4) is 5.75 Å². The van der Waals surface area contributed by atoms with E-state index in [1.54, 1.807) is 23.1 Å². The van der Waals surface area contributed by atoms with Crippen LogP contribution in [0.2, 0.25) is 10.0 Å². The molecule has 1 aromatic carbocycles. The fourth-order valence-corrected chi connectivity index (χ4v) is 2.13. The molecule has 92 valence electrons. The van der Waals surface area contributed by atoms with Gasteiger partial charge in [0.2, 0.25) is 5.91 Å². The fourth-order valence-electron chi connectivity index (χ4n) is 1.79. The molecule has 1 amide bonds. The highest BCUT2D eigenvalue weighted by atomic mass is 35.5. The molecular weight excluding hydrogens is 261 g/mol. The first kappa shape index (κ1) is 12.5. The largest absolute Gasteiger partial charge is 0.490 e. The molecule has 0 spiro atoms. The fraction of sp³-hybridized carbons (Fsp3) is 0.417. The lowest BCUT2D eigenvalue weighted by Gasteiger charge is -2.16. The van der Waals surface area contributed by atoms with Gasteiger partial charge in [-0.1, -0.05) is 23.2 Å². The smallest absolute Gasteiger partial charge is 0.222 e. The van der Waals surface area contributed by atoms with Crippen LogP contribution in [0, 0.1) is 0 Å². The molecule has 1 aliphatic heterocycles. The highest BCUT2D eigenvalue weighted by Gasteiger charge is 2.19. The van der Waals surface area contributed by atoms with Crippen LogP contribution < -0.4 is 4.74 Å². The number of amides is 1. The molecule has 1 fully saturated rings. The molecule has 0 aromatic heterocycles. The summed E-state index contributed by atoms with van der Waals surface area (Å²) in [6, 6.07) is 5.08. The Morgan fingerprint density at radius 3 is 2.88 bits per heavy atom. The van der Waals surface area contributed by atoms with Crippen LogP contribution in [0.4, 0.5) is 0 Å². The molecule has 0 radical (unpaired) electrons.